The van der Waals surface area contributed by atoms with E-state index in [0.29, 0.717) is 6.92 Å². The van der Waals surface area contributed by atoms with Crippen molar-refractivity contribution in [2.24, 2.45) is 7.05 Å². The number of aliphatic carboxylic acids is 1. The predicted molar refractivity (Wildman–Crippen MR) is 57.5 cm³/mol. The standard InChI is InChI=1S/C9H11F3N4O3/c1-8(6(17)18,9(10,11)12)15-7(19)14-5-3-13-16(2)4-5/h3-4H,1-2H3,(H,17,18)(H2,14,15,19). The van der Waals surface area contributed by atoms with Crippen LogP contribution < -0.4 is 10.6 Å². The Labute approximate surface area is 105 Å². The number of hydrogen-bond acceptors (Lipinski definition) is 3. The van der Waals surface area contributed by atoms with Gasteiger partial charge in [-0.3, -0.25) is 4.68 Å². The zero-order chi connectivity index (χ0) is 14.8. The topological polar surface area (TPSA) is 96.2 Å². The van der Waals surface area contributed by atoms with Crippen LogP contribution in [0.5, 0.6) is 0 Å². The van der Waals surface area contributed by atoms with E-state index in [0.717, 1.165) is 0 Å². The molecule has 0 aliphatic carbocycles. The Morgan fingerprint density at radius 3 is 2.37 bits per heavy atom. The Morgan fingerprint density at radius 2 is 2.00 bits per heavy atom. The van der Waals surface area contributed by atoms with E-state index in [1.54, 1.807) is 7.05 Å². The first kappa shape index (κ1) is 14.8. The van der Waals surface area contributed by atoms with Crippen LogP contribution in [-0.2, 0) is 11.8 Å². The Balaban J connectivity index is 2.81. The summed E-state index contributed by atoms with van der Waals surface area (Å²) >= 11 is 0. The SMILES string of the molecule is Cn1cc(NC(=O)NC(C)(C(=O)O)C(F)(F)F)cn1. The van der Waals surface area contributed by atoms with Gasteiger partial charge in [-0.15, -0.1) is 0 Å². The summed E-state index contributed by atoms with van der Waals surface area (Å²) in [6.45, 7) is 0.359. The first-order chi connectivity index (χ1) is 8.56. The first-order valence-electron chi connectivity index (χ1n) is 4.94. The predicted octanol–water partition coefficient (Wildman–Crippen LogP) is 0.947. The van der Waals surface area contributed by atoms with E-state index in [9.17, 15) is 22.8 Å². The molecule has 0 aromatic carbocycles. The summed E-state index contributed by atoms with van der Waals surface area (Å²) in [5.74, 6) is -2.21. The van der Waals surface area contributed by atoms with Crippen molar-refractivity contribution in [2.75, 3.05) is 5.32 Å². The van der Waals surface area contributed by atoms with Crippen LogP contribution in [0.2, 0.25) is 0 Å². The van der Waals surface area contributed by atoms with Gasteiger partial charge in [-0.25, -0.2) is 9.59 Å². The van der Waals surface area contributed by atoms with Gasteiger partial charge in [0.05, 0.1) is 11.9 Å². The minimum Gasteiger partial charge on any atom is -0.479 e. The van der Waals surface area contributed by atoms with Gasteiger partial charge in [0.1, 0.15) is 0 Å². The molecule has 1 atom stereocenters. The first-order valence-corrected chi connectivity index (χ1v) is 4.94. The molecule has 1 rings (SSSR count). The molecule has 3 N–H and O–H groups in total. The van der Waals surface area contributed by atoms with Crippen molar-refractivity contribution in [2.45, 2.75) is 18.6 Å². The van der Waals surface area contributed by atoms with E-state index >= 15 is 0 Å². The van der Waals surface area contributed by atoms with Crippen molar-refractivity contribution in [3.63, 3.8) is 0 Å². The second-order valence-corrected chi connectivity index (χ2v) is 3.91. The van der Waals surface area contributed by atoms with Crippen molar-refractivity contribution < 1.29 is 27.9 Å². The van der Waals surface area contributed by atoms with Gasteiger partial charge < -0.3 is 15.7 Å². The summed E-state index contributed by atoms with van der Waals surface area (Å²) in [7, 11) is 1.54. The number of carboxylic acids is 1. The fraction of sp³-hybridized carbons (Fsp3) is 0.444. The summed E-state index contributed by atoms with van der Waals surface area (Å²) in [5.41, 5.74) is -3.24. The maximum atomic E-state index is 12.6. The van der Waals surface area contributed by atoms with E-state index in [-0.39, 0.29) is 5.69 Å². The molecule has 19 heavy (non-hydrogen) atoms. The lowest BCUT2D eigenvalue weighted by Crippen LogP contribution is -2.62. The molecule has 0 spiro atoms. The third kappa shape index (κ3) is 3.14. The molecule has 1 unspecified atom stereocenters. The molecule has 0 aliphatic rings. The molecule has 1 aromatic rings. The van der Waals surface area contributed by atoms with Crippen LogP contribution in [0.1, 0.15) is 6.92 Å². The highest BCUT2D eigenvalue weighted by atomic mass is 19.4. The molecule has 0 saturated carbocycles. The minimum atomic E-state index is -5.13. The number of carboxylic acid groups (broad SMARTS) is 1. The number of nitrogens with zero attached hydrogens (tertiary/aromatic N) is 2. The van der Waals surface area contributed by atoms with Gasteiger partial charge in [0.2, 0.25) is 5.54 Å². The molecule has 0 bridgehead atoms. The van der Waals surface area contributed by atoms with E-state index in [1.165, 1.54) is 22.4 Å². The number of aryl methyl sites for hydroxylation is 1. The van der Waals surface area contributed by atoms with Crippen molar-refractivity contribution in [1.29, 1.82) is 0 Å². The lowest BCUT2D eigenvalue weighted by Gasteiger charge is -2.28. The smallest absolute Gasteiger partial charge is 0.422 e. The molecular weight excluding hydrogens is 269 g/mol. The van der Waals surface area contributed by atoms with Crippen molar-refractivity contribution >= 4 is 17.7 Å². The second kappa shape index (κ2) is 4.78. The molecular formula is C9H11F3N4O3. The average molecular weight is 280 g/mol. The van der Waals surface area contributed by atoms with Gasteiger partial charge >= 0.3 is 18.2 Å². The van der Waals surface area contributed by atoms with E-state index in [1.807, 2.05) is 5.32 Å². The van der Waals surface area contributed by atoms with Crippen molar-refractivity contribution in [3.8, 4) is 0 Å². The number of amides is 2. The Kier molecular flexibility index (Phi) is 3.73. The fourth-order valence-corrected chi connectivity index (χ4v) is 1.12. The lowest BCUT2D eigenvalue weighted by molar-refractivity contribution is -0.203. The van der Waals surface area contributed by atoms with Gasteiger partial charge in [0.15, 0.2) is 0 Å². The Bertz CT molecular complexity index is 499. The maximum Gasteiger partial charge on any atom is 0.422 e. The Morgan fingerprint density at radius 1 is 1.42 bits per heavy atom. The van der Waals surface area contributed by atoms with Gasteiger partial charge in [-0.05, 0) is 6.92 Å². The number of carbonyl (C=O) groups is 2. The summed E-state index contributed by atoms with van der Waals surface area (Å²) in [6.07, 6.45) is -2.60. The molecule has 106 valence electrons. The molecule has 0 saturated heterocycles. The zero-order valence-corrected chi connectivity index (χ0v) is 9.95. The van der Waals surface area contributed by atoms with Gasteiger partial charge in [0.25, 0.3) is 0 Å². The van der Waals surface area contributed by atoms with Crippen LogP contribution in [-0.4, -0.2) is 38.6 Å². The normalized spacial score (nSPS) is 14.6. The number of rotatable bonds is 3. The number of alkyl halides is 3. The zero-order valence-electron chi connectivity index (χ0n) is 9.95. The Hall–Kier alpha value is -2.26. The van der Waals surface area contributed by atoms with Gasteiger partial charge in [-0.2, -0.15) is 18.3 Å². The third-order valence-electron chi connectivity index (χ3n) is 2.32. The quantitative estimate of drug-likeness (QED) is 0.768. The molecule has 1 heterocycles. The molecule has 0 aliphatic heterocycles. The monoisotopic (exact) mass is 280 g/mol. The van der Waals surface area contributed by atoms with Crippen LogP contribution in [0.25, 0.3) is 0 Å². The van der Waals surface area contributed by atoms with E-state index in [2.05, 4.69) is 5.10 Å². The van der Waals surface area contributed by atoms with Gasteiger partial charge in [0, 0.05) is 13.2 Å². The van der Waals surface area contributed by atoms with Crippen LogP contribution in [0.15, 0.2) is 12.4 Å². The number of halogens is 3. The molecule has 2 amide bonds. The maximum absolute atomic E-state index is 12.6. The number of carbonyl (C=O) groups excluding carboxylic acids is 1. The molecule has 0 fully saturated rings. The second-order valence-electron chi connectivity index (χ2n) is 3.91. The summed E-state index contributed by atoms with van der Waals surface area (Å²) in [5, 5.41) is 15.7. The van der Waals surface area contributed by atoms with Crippen LogP contribution in [0, 0.1) is 0 Å². The van der Waals surface area contributed by atoms with E-state index in [4.69, 9.17) is 5.11 Å². The van der Waals surface area contributed by atoms with Crippen LogP contribution in [0.4, 0.5) is 23.7 Å². The average Bonchev–Trinajstić information content (AvgIpc) is 2.61. The van der Waals surface area contributed by atoms with Crippen LogP contribution >= 0.6 is 0 Å². The number of urea groups is 1. The summed E-state index contributed by atoms with van der Waals surface area (Å²) in [6, 6.07) is -1.30. The van der Waals surface area contributed by atoms with Crippen molar-refractivity contribution in [1.82, 2.24) is 15.1 Å². The summed E-state index contributed by atoms with van der Waals surface area (Å²) in [4.78, 5) is 22.0. The van der Waals surface area contributed by atoms with E-state index < -0.39 is 23.7 Å². The third-order valence-corrected chi connectivity index (χ3v) is 2.32. The largest absolute Gasteiger partial charge is 0.479 e. The highest BCUT2D eigenvalue weighted by molar-refractivity contribution is 5.94. The highest BCUT2D eigenvalue weighted by Crippen LogP contribution is 2.30. The number of nitrogens with one attached hydrogen (secondary N) is 2. The molecule has 1 aromatic heterocycles. The molecule has 7 nitrogen and oxygen atoms in total. The molecule has 0 radical (unpaired) electrons. The highest BCUT2D eigenvalue weighted by Gasteiger charge is 2.58. The van der Waals surface area contributed by atoms with Crippen LogP contribution in [0.3, 0.4) is 0 Å². The lowest BCUT2D eigenvalue weighted by atomic mass is 10.0. The summed E-state index contributed by atoms with van der Waals surface area (Å²) < 4.78 is 39.2. The minimum absolute atomic E-state index is 0.134. The number of aromatic nitrogens is 2. The van der Waals surface area contributed by atoms with Gasteiger partial charge in [-0.1, -0.05) is 0 Å². The number of hydrogen-bond donors (Lipinski definition) is 3. The number of anilines is 1. The molecule has 10 heteroatoms. The fourth-order valence-electron chi connectivity index (χ4n) is 1.12. The van der Waals surface area contributed by atoms with Crippen molar-refractivity contribution in [3.05, 3.63) is 12.4 Å².